The van der Waals surface area contributed by atoms with Gasteiger partial charge < -0.3 is 5.32 Å². The second kappa shape index (κ2) is 6.53. The number of hydrogen-bond donors (Lipinski definition) is 1. The molecule has 17 heavy (non-hydrogen) atoms. The minimum Gasteiger partial charge on any atom is -0.309 e. The van der Waals surface area contributed by atoms with Crippen molar-refractivity contribution in [1.82, 2.24) is 5.32 Å². The minimum absolute atomic E-state index is 0.210. The molecule has 0 bridgehead atoms. The molecule has 96 valence electrons. The number of rotatable bonds is 4. The largest absolute Gasteiger partial charge is 0.309 e. The SMILES string of the molecule is CCCNC(c1cc(I)ccc1Br)C(C)(C)C. The molecular weight excluding hydrogens is 389 g/mol. The zero-order valence-electron chi connectivity index (χ0n) is 11.0. The van der Waals surface area contributed by atoms with E-state index in [9.17, 15) is 0 Å². The van der Waals surface area contributed by atoms with E-state index < -0.39 is 0 Å². The van der Waals surface area contributed by atoms with E-state index in [0.717, 1.165) is 13.0 Å². The summed E-state index contributed by atoms with van der Waals surface area (Å²) in [5.41, 5.74) is 1.57. The average molecular weight is 410 g/mol. The highest BCUT2D eigenvalue weighted by Gasteiger charge is 2.27. The molecule has 0 aliphatic heterocycles. The molecule has 0 aromatic heterocycles. The van der Waals surface area contributed by atoms with Crippen LogP contribution in [0.2, 0.25) is 0 Å². The fourth-order valence-corrected chi connectivity index (χ4v) is 2.90. The third kappa shape index (κ3) is 4.52. The lowest BCUT2D eigenvalue weighted by Gasteiger charge is -2.33. The molecule has 1 N–H and O–H groups in total. The van der Waals surface area contributed by atoms with Gasteiger partial charge in [-0.1, -0.05) is 43.6 Å². The number of halogens is 2. The molecule has 0 fully saturated rings. The Morgan fingerprint density at radius 2 is 2.00 bits per heavy atom. The van der Waals surface area contributed by atoms with E-state index in [-0.39, 0.29) is 5.41 Å². The summed E-state index contributed by atoms with van der Waals surface area (Å²) in [6, 6.07) is 6.92. The average Bonchev–Trinajstić information content (AvgIpc) is 2.21. The normalized spacial score (nSPS) is 13.8. The number of hydrogen-bond acceptors (Lipinski definition) is 1. The highest BCUT2D eigenvalue weighted by molar-refractivity contribution is 14.1. The molecule has 0 radical (unpaired) electrons. The van der Waals surface area contributed by atoms with Crippen molar-refractivity contribution in [3.05, 3.63) is 31.8 Å². The third-order valence-corrected chi connectivity index (χ3v) is 4.13. The van der Waals surface area contributed by atoms with Crippen molar-refractivity contribution in [2.75, 3.05) is 6.54 Å². The molecule has 0 aliphatic carbocycles. The van der Waals surface area contributed by atoms with Crippen LogP contribution in [-0.2, 0) is 0 Å². The monoisotopic (exact) mass is 409 g/mol. The van der Waals surface area contributed by atoms with Gasteiger partial charge in [0.05, 0.1) is 0 Å². The standard InChI is InChI=1S/C14H21BrIN/c1-5-8-17-13(14(2,3)4)11-9-10(16)6-7-12(11)15/h6-7,9,13,17H,5,8H2,1-4H3. The van der Waals surface area contributed by atoms with Gasteiger partial charge in [-0.15, -0.1) is 0 Å². The Hall–Kier alpha value is 0.390. The van der Waals surface area contributed by atoms with Crippen LogP contribution < -0.4 is 5.32 Å². The van der Waals surface area contributed by atoms with Gasteiger partial charge in [0, 0.05) is 14.1 Å². The van der Waals surface area contributed by atoms with E-state index >= 15 is 0 Å². The predicted molar refractivity (Wildman–Crippen MR) is 87.3 cm³/mol. The van der Waals surface area contributed by atoms with Crippen LogP contribution in [0.3, 0.4) is 0 Å². The second-order valence-corrected chi connectivity index (χ2v) is 7.52. The van der Waals surface area contributed by atoms with Crippen LogP contribution >= 0.6 is 38.5 Å². The lowest BCUT2D eigenvalue weighted by Crippen LogP contribution is -2.33. The number of nitrogens with one attached hydrogen (secondary N) is 1. The highest BCUT2D eigenvalue weighted by atomic mass is 127. The van der Waals surface area contributed by atoms with Crippen molar-refractivity contribution < 1.29 is 0 Å². The molecule has 0 heterocycles. The van der Waals surface area contributed by atoms with Gasteiger partial charge in [0.25, 0.3) is 0 Å². The van der Waals surface area contributed by atoms with E-state index in [0.29, 0.717) is 6.04 Å². The Balaban J connectivity index is 3.08. The minimum atomic E-state index is 0.210. The first-order chi connectivity index (χ1) is 7.86. The van der Waals surface area contributed by atoms with Crippen molar-refractivity contribution in [3.8, 4) is 0 Å². The summed E-state index contributed by atoms with van der Waals surface area (Å²) >= 11 is 6.04. The van der Waals surface area contributed by atoms with Crippen molar-refractivity contribution >= 4 is 38.5 Å². The zero-order chi connectivity index (χ0) is 13.1. The molecule has 0 aliphatic rings. The molecule has 1 aromatic carbocycles. The third-order valence-electron chi connectivity index (χ3n) is 2.73. The van der Waals surface area contributed by atoms with E-state index in [1.807, 2.05) is 0 Å². The number of benzene rings is 1. The summed E-state index contributed by atoms with van der Waals surface area (Å²) in [5.74, 6) is 0. The zero-order valence-corrected chi connectivity index (χ0v) is 14.7. The molecule has 1 unspecified atom stereocenters. The summed E-state index contributed by atoms with van der Waals surface area (Å²) < 4.78 is 2.48. The maximum absolute atomic E-state index is 3.67. The molecule has 0 spiro atoms. The molecule has 1 aromatic rings. The first-order valence-corrected chi connectivity index (χ1v) is 7.91. The maximum Gasteiger partial charge on any atom is 0.0380 e. The van der Waals surface area contributed by atoms with Crippen molar-refractivity contribution in [2.45, 2.75) is 40.2 Å². The first kappa shape index (κ1) is 15.4. The first-order valence-electron chi connectivity index (χ1n) is 6.04. The van der Waals surface area contributed by atoms with Crippen LogP contribution in [0.25, 0.3) is 0 Å². The van der Waals surface area contributed by atoms with Gasteiger partial charge in [-0.3, -0.25) is 0 Å². The molecular formula is C14H21BrIN. The smallest absolute Gasteiger partial charge is 0.0380 e. The van der Waals surface area contributed by atoms with Gasteiger partial charge in [0.15, 0.2) is 0 Å². The van der Waals surface area contributed by atoms with Crippen molar-refractivity contribution in [2.24, 2.45) is 5.41 Å². The quantitative estimate of drug-likeness (QED) is 0.678. The Bertz CT molecular complexity index is 371. The lowest BCUT2D eigenvalue weighted by molar-refractivity contribution is 0.272. The van der Waals surface area contributed by atoms with Crippen LogP contribution in [0.5, 0.6) is 0 Å². The van der Waals surface area contributed by atoms with Crippen LogP contribution in [0.1, 0.15) is 45.7 Å². The van der Waals surface area contributed by atoms with Gasteiger partial charge >= 0.3 is 0 Å². The molecule has 1 atom stereocenters. The Morgan fingerprint density at radius 3 is 2.53 bits per heavy atom. The second-order valence-electron chi connectivity index (χ2n) is 5.42. The van der Waals surface area contributed by atoms with Crippen LogP contribution in [-0.4, -0.2) is 6.54 Å². The fourth-order valence-electron chi connectivity index (χ4n) is 1.91. The predicted octanol–water partition coefficient (Wildman–Crippen LogP) is 5.14. The Labute approximate surface area is 127 Å². The van der Waals surface area contributed by atoms with Gasteiger partial charge in [-0.2, -0.15) is 0 Å². The van der Waals surface area contributed by atoms with E-state index in [2.05, 4.69) is 89.7 Å². The van der Waals surface area contributed by atoms with Gasteiger partial charge in [0.1, 0.15) is 0 Å². The summed E-state index contributed by atoms with van der Waals surface area (Å²) in [7, 11) is 0. The van der Waals surface area contributed by atoms with Crippen LogP contribution in [0.4, 0.5) is 0 Å². The topological polar surface area (TPSA) is 12.0 Å². The maximum atomic E-state index is 3.67. The molecule has 0 saturated carbocycles. The summed E-state index contributed by atoms with van der Waals surface area (Å²) in [6.45, 7) is 10.1. The van der Waals surface area contributed by atoms with Gasteiger partial charge in [-0.05, 0) is 64.7 Å². The lowest BCUT2D eigenvalue weighted by atomic mass is 9.82. The van der Waals surface area contributed by atoms with Crippen LogP contribution in [0, 0.1) is 8.99 Å². The fraction of sp³-hybridized carbons (Fsp3) is 0.571. The summed E-state index contributed by atoms with van der Waals surface area (Å²) in [5, 5.41) is 3.66. The van der Waals surface area contributed by atoms with E-state index in [4.69, 9.17) is 0 Å². The molecule has 3 heteroatoms. The van der Waals surface area contributed by atoms with Gasteiger partial charge in [0.2, 0.25) is 0 Å². The summed E-state index contributed by atoms with van der Waals surface area (Å²) in [6.07, 6.45) is 1.16. The van der Waals surface area contributed by atoms with Crippen molar-refractivity contribution in [1.29, 1.82) is 0 Å². The Kier molecular flexibility index (Phi) is 5.93. The highest BCUT2D eigenvalue weighted by Crippen LogP contribution is 2.37. The summed E-state index contributed by atoms with van der Waals surface area (Å²) in [4.78, 5) is 0. The van der Waals surface area contributed by atoms with E-state index in [1.54, 1.807) is 0 Å². The molecule has 0 amide bonds. The van der Waals surface area contributed by atoms with Crippen molar-refractivity contribution in [3.63, 3.8) is 0 Å². The Morgan fingerprint density at radius 1 is 1.35 bits per heavy atom. The van der Waals surface area contributed by atoms with Gasteiger partial charge in [-0.25, -0.2) is 0 Å². The molecule has 0 saturated heterocycles. The van der Waals surface area contributed by atoms with E-state index in [1.165, 1.54) is 13.6 Å². The molecule has 1 nitrogen and oxygen atoms in total. The molecule has 1 rings (SSSR count). The van der Waals surface area contributed by atoms with Crippen LogP contribution in [0.15, 0.2) is 22.7 Å².